The molecule has 0 saturated carbocycles. The Morgan fingerprint density at radius 1 is 1.15 bits per heavy atom. The van der Waals surface area contributed by atoms with Crippen LogP contribution in [0.2, 0.25) is 0 Å². The lowest BCUT2D eigenvalue weighted by atomic mass is 10.0. The molecule has 0 aromatic heterocycles. The van der Waals surface area contributed by atoms with Gasteiger partial charge in [0, 0.05) is 5.56 Å². The van der Waals surface area contributed by atoms with E-state index in [2.05, 4.69) is 0 Å². The molecule has 0 aliphatic carbocycles. The third kappa shape index (κ3) is 2.20. The summed E-state index contributed by atoms with van der Waals surface area (Å²) in [6.45, 7) is 2.09. The molecule has 1 N–H and O–H groups in total. The summed E-state index contributed by atoms with van der Waals surface area (Å²) in [4.78, 5) is 11.1. The van der Waals surface area contributed by atoms with E-state index in [1.54, 1.807) is 25.1 Å². The molecule has 1 aliphatic rings. The predicted molar refractivity (Wildman–Crippen MR) is 73.3 cm³/mol. The van der Waals surface area contributed by atoms with Gasteiger partial charge in [-0.15, -0.1) is 0 Å². The highest BCUT2D eigenvalue weighted by molar-refractivity contribution is 5.76. The van der Waals surface area contributed by atoms with Crippen molar-refractivity contribution in [3.8, 4) is 17.2 Å². The second kappa shape index (κ2) is 4.89. The van der Waals surface area contributed by atoms with Crippen LogP contribution in [-0.2, 0) is 11.4 Å². The number of carboxylic acid groups (broad SMARTS) is 1. The van der Waals surface area contributed by atoms with Crippen LogP contribution in [0.25, 0.3) is 0 Å². The van der Waals surface area contributed by atoms with Crippen molar-refractivity contribution in [1.29, 1.82) is 0 Å². The molecule has 20 heavy (non-hydrogen) atoms. The van der Waals surface area contributed by atoms with E-state index in [1.807, 2.05) is 24.3 Å². The molecule has 0 radical (unpaired) electrons. The van der Waals surface area contributed by atoms with E-state index < -0.39 is 11.9 Å². The van der Waals surface area contributed by atoms with E-state index in [-0.39, 0.29) is 0 Å². The summed E-state index contributed by atoms with van der Waals surface area (Å²) in [6, 6.07) is 12.9. The number of carbonyl (C=O) groups is 1. The Labute approximate surface area is 116 Å². The van der Waals surface area contributed by atoms with E-state index in [1.165, 1.54) is 0 Å². The first kappa shape index (κ1) is 12.5. The van der Waals surface area contributed by atoms with Gasteiger partial charge in [0.05, 0.1) is 5.92 Å². The van der Waals surface area contributed by atoms with Gasteiger partial charge >= 0.3 is 5.97 Å². The van der Waals surface area contributed by atoms with Gasteiger partial charge in [-0.25, -0.2) is 0 Å². The van der Waals surface area contributed by atoms with E-state index in [4.69, 9.17) is 14.6 Å². The van der Waals surface area contributed by atoms with E-state index in [0.29, 0.717) is 23.7 Å². The van der Waals surface area contributed by atoms with Crippen molar-refractivity contribution in [3.05, 3.63) is 53.6 Å². The summed E-state index contributed by atoms with van der Waals surface area (Å²) in [5.74, 6) is 0.483. The van der Waals surface area contributed by atoms with Gasteiger partial charge in [-0.3, -0.25) is 4.79 Å². The Hall–Kier alpha value is -2.49. The summed E-state index contributed by atoms with van der Waals surface area (Å²) in [5.41, 5.74) is 1.66. The summed E-state index contributed by atoms with van der Waals surface area (Å²) < 4.78 is 11.6. The molecule has 3 rings (SSSR count). The van der Waals surface area contributed by atoms with E-state index in [0.717, 1.165) is 11.3 Å². The van der Waals surface area contributed by atoms with Crippen LogP contribution in [0.4, 0.5) is 0 Å². The first-order valence-electron chi connectivity index (χ1n) is 6.40. The molecule has 1 atom stereocenters. The van der Waals surface area contributed by atoms with E-state index in [9.17, 15) is 4.79 Å². The number of hydrogen-bond donors (Lipinski definition) is 1. The molecular formula is C16H14O4. The second-order valence-electron chi connectivity index (χ2n) is 4.76. The number of para-hydroxylation sites is 1. The van der Waals surface area contributed by atoms with Gasteiger partial charge in [-0.1, -0.05) is 24.3 Å². The Morgan fingerprint density at radius 3 is 2.75 bits per heavy atom. The lowest BCUT2D eigenvalue weighted by molar-refractivity contribution is -0.138. The Bertz CT molecular complexity index is 663. The van der Waals surface area contributed by atoms with Gasteiger partial charge in [0.15, 0.2) is 11.5 Å². The number of aliphatic carboxylic acids is 1. The topological polar surface area (TPSA) is 55.8 Å². The summed E-state index contributed by atoms with van der Waals surface area (Å²) >= 11 is 0. The van der Waals surface area contributed by atoms with Crippen molar-refractivity contribution in [1.82, 2.24) is 0 Å². The third-order valence-corrected chi connectivity index (χ3v) is 3.41. The minimum absolute atomic E-state index is 0.441. The molecule has 0 spiro atoms. The van der Waals surface area contributed by atoms with Gasteiger partial charge in [0.25, 0.3) is 0 Å². The van der Waals surface area contributed by atoms with Crippen molar-refractivity contribution in [2.24, 2.45) is 0 Å². The molecular weight excluding hydrogens is 256 g/mol. The molecule has 0 fully saturated rings. The maximum atomic E-state index is 11.1. The standard InChI is InChI=1S/C16H14O4/c1-10(16(17)18)11-6-7-14-15(8-11)20-13-5-3-2-4-12(13)9-19-14/h2-8,10H,9H2,1H3,(H,17,18)/t10-/m1/s1. The molecule has 4 nitrogen and oxygen atoms in total. The molecule has 0 amide bonds. The zero-order valence-electron chi connectivity index (χ0n) is 11.0. The van der Waals surface area contributed by atoms with E-state index >= 15 is 0 Å². The lowest BCUT2D eigenvalue weighted by Crippen LogP contribution is -2.07. The summed E-state index contributed by atoms with van der Waals surface area (Å²) in [6.07, 6.45) is 0. The van der Waals surface area contributed by atoms with Gasteiger partial charge in [-0.2, -0.15) is 0 Å². The molecule has 4 heteroatoms. The van der Waals surface area contributed by atoms with Gasteiger partial charge in [0.1, 0.15) is 12.4 Å². The average molecular weight is 270 g/mol. The fourth-order valence-corrected chi connectivity index (χ4v) is 2.13. The Balaban J connectivity index is 2.00. The third-order valence-electron chi connectivity index (χ3n) is 3.41. The average Bonchev–Trinajstić information content (AvgIpc) is 2.64. The van der Waals surface area contributed by atoms with Crippen molar-refractivity contribution in [2.45, 2.75) is 19.4 Å². The number of hydrogen-bond acceptors (Lipinski definition) is 3. The fourth-order valence-electron chi connectivity index (χ4n) is 2.13. The van der Waals surface area contributed by atoms with Crippen molar-refractivity contribution >= 4 is 5.97 Å². The number of carboxylic acids is 1. The Morgan fingerprint density at radius 2 is 1.95 bits per heavy atom. The number of ether oxygens (including phenoxy) is 2. The summed E-state index contributed by atoms with van der Waals surface area (Å²) in [7, 11) is 0. The highest BCUT2D eigenvalue weighted by Crippen LogP contribution is 2.39. The fraction of sp³-hybridized carbons (Fsp3) is 0.188. The van der Waals surface area contributed by atoms with Crippen LogP contribution < -0.4 is 9.47 Å². The Kier molecular flexibility index (Phi) is 3.06. The minimum Gasteiger partial charge on any atom is -0.485 e. The molecule has 1 aliphatic heterocycles. The molecule has 0 bridgehead atoms. The largest absolute Gasteiger partial charge is 0.485 e. The van der Waals surface area contributed by atoms with Gasteiger partial charge in [-0.05, 0) is 30.7 Å². The van der Waals surface area contributed by atoms with Crippen molar-refractivity contribution in [2.75, 3.05) is 0 Å². The van der Waals surface area contributed by atoms with Crippen LogP contribution in [0.3, 0.4) is 0 Å². The molecule has 2 aromatic carbocycles. The van der Waals surface area contributed by atoms with Crippen LogP contribution in [0.1, 0.15) is 24.0 Å². The zero-order valence-corrected chi connectivity index (χ0v) is 11.0. The minimum atomic E-state index is -0.861. The number of rotatable bonds is 2. The molecule has 102 valence electrons. The quantitative estimate of drug-likeness (QED) is 0.906. The normalized spacial score (nSPS) is 14.1. The van der Waals surface area contributed by atoms with Gasteiger partial charge in [0.2, 0.25) is 0 Å². The van der Waals surface area contributed by atoms with Crippen LogP contribution in [0, 0.1) is 0 Å². The molecule has 2 aromatic rings. The van der Waals surface area contributed by atoms with Gasteiger partial charge < -0.3 is 14.6 Å². The highest BCUT2D eigenvalue weighted by atomic mass is 16.5. The number of benzene rings is 2. The van der Waals surface area contributed by atoms with Crippen molar-refractivity contribution < 1.29 is 19.4 Å². The molecule has 0 saturated heterocycles. The van der Waals surface area contributed by atoms with Crippen LogP contribution in [0.5, 0.6) is 17.2 Å². The second-order valence-corrected chi connectivity index (χ2v) is 4.76. The van der Waals surface area contributed by atoms with Crippen LogP contribution in [0.15, 0.2) is 42.5 Å². The van der Waals surface area contributed by atoms with Crippen LogP contribution in [-0.4, -0.2) is 11.1 Å². The summed E-state index contributed by atoms with van der Waals surface area (Å²) in [5, 5.41) is 9.08. The van der Waals surface area contributed by atoms with Crippen molar-refractivity contribution in [3.63, 3.8) is 0 Å². The smallest absolute Gasteiger partial charge is 0.310 e. The number of fused-ring (bicyclic) bond motifs is 2. The first-order chi connectivity index (χ1) is 9.65. The molecule has 1 heterocycles. The first-order valence-corrected chi connectivity index (χ1v) is 6.40. The highest BCUT2D eigenvalue weighted by Gasteiger charge is 2.19. The lowest BCUT2D eigenvalue weighted by Gasteiger charge is -2.11. The van der Waals surface area contributed by atoms with Crippen LogP contribution >= 0.6 is 0 Å². The zero-order chi connectivity index (χ0) is 14.1. The monoisotopic (exact) mass is 270 g/mol. The maximum absolute atomic E-state index is 11.1. The predicted octanol–water partition coefficient (Wildman–Crippen LogP) is 3.56. The maximum Gasteiger partial charge on any atom is 0.310 e. The molecule has 0 unspecified atom stereocenters. The SMILES string of the molecule is C[C@@H](C(=O)O)c1ccc2c(c1)Oc1ccccc1CO2.